The summed E-state index contributed by atoms with van der Waals surface area (Å²) in [6.07, 6.45) is 15.5. The highest BCUT2D eigenvalue weighted by Gasteiger charge is 2.35. The summed E-state index contributed by atoms with van der Waals surface area (Å²) in [4.78, 5) is -0.0501. The second-order valence-corrected chi connectivity index (χ2v) is 13.2. The van der Waals surface area contributed by atoms with Crippen LogP contribution >= 0.6 is 0 Å². The van der Waals surface area contributed by atoms with Gasteiger partial charge in [0, 0.05) is 0 Å². The first-order valence-corrected chi connectivity index (χ1v) is 18.4. The molecule has 0 radical (unpaired) electrons. The van der Waals surface area contributed by atoms with Gasteiger partial charge in [0.2, 0.25) is 0 Å². The van der Waals surface area contributed by atoms with Crippen molar-refractivity contribution in [2.75, 3.05) is 6.54 Å². The van der Waals surface area contributed by atoms with E-state index in [9.17, 15) is 13.0 Å². The van der Waals surface area contributed by atoms with Crippen molar-refractivity contribution in [3.8, 4) is 0 Å². The van der Waals surface area contributed by atoms with E-state index in [1.807, 2.05) is 0 Å². The second kappa shape index (κ2) is 20.0. The lowest BCUT2D eigenvalue weighted by Gasteiger charge is -2.37. The van der Waals surface area contributed by atoms with Crippen LogP contribution in [0.1, 0.15) is 96.5 Å². The molecular weight excluding hydrogens is 575 g/mol. The molecule has 0 aromatic heterocycles. The summed E-state index contributed by atoms with van der Waals surface area (Å²) in [6, 6.07) is 39.1. The van der Waals surface area contributed by atoms with Crippen molar-refractivity contribution in [3.63, 3.8) is 0 Å². The first kappa shape index (κ1) is 36.2. The molecule has 0 unspecified atom stereocenters. The Labute approximate surface area is 273 Å². The molecule has 4 nitrogen and oxygen atoms in total. The van der Waals surface area contributed by atoms with Gasteiger partial charge in [0.05, 0.1) is 11.4 Å². The Morgan fingerprint density at radius 2 is 0.867 bits per heavy atom. The highest BCUT2D eigenvalue weighted by molar-refractivity contribution is 7.85. The molecule has 4 aromatic carbocycles. The van der Waals surface area contributed by atoms with Gasteiger partial charge in [-0.3, -0.25) is 0 Å². The van der Waals surface area contributed by atoms with Crippen LogP contribution in [0.25, 0.3) is 0 Å². The molecule has 0 heterocycles. The monoisotopic (exact) mass is 627 g/mol. The lowest BCUT2D eigenvalue weighted by molar-refractivity contribution is 0.461. The number of aryl methyl sites for hydroxylation is 1. The molecule has 242 valence electrons. The van der Waals surface area contributed by atoms with E-state index in [4.69, 9.17) is 0 Å². The third-order valence-corrected chi connectivity index (χ3v) is 9.42. The number of hydrogen-bond acceptors (Lipinski definition) is 3. The van der Waals surface area contributed by atoms with E-state index in [2.05, 4.69) is 105 Å². The zero-order chi connectivity index (χ0) is 32.2. The summed E-state index contributed by atoms with van der Waals surface area (Å²) < 4.78 is 34.3. The Morgan fingerprint density at radius 1 is 0.489 bits per heavy atom. The van der Waals surface area contributed by atoms with Crippen LogP contribution in [0.3, 0.4) is 0 Å². The summed E-state index contributed by atoms with van der Waals surface area (Å²) in [5.74, 6) is 0. The maximum atomic E-state index is 11.2. The number of nitrogens with zero attached hydrogens (tertiary/aromatic N) is 1. The summed E-state index contributed by atoms with van der Waals surface area (Å²) in [7, 11) is -4.35. The van der Waals surface area contributed by atoms with Gasteiger partial charge in [-0.1, -0.05) is 151 Å². The van der Waals surface area contributed by atoms with Gasteiger partial charge in [0.15, 0.2) is 0 Å². The Morgan fingerprint density at radius 3 is 1.29 bits per heavy atom. The van der Waals surface area contributed by atoms with Gasteiger partial charge in [-0.25, -0.2) is 12.9 Å². The summed E-state index contributed by atoms with van der Waals surface area (Å²) >= 11 is 0. The molecule has 0 atom stereocenters. The molecule has 0 fully saturated rings. The predicted octanol–water partition coefficient (Wildman–Crippen LogP) is 11.5. The second-order valence-electron chi connectivity index (χ2n) is 11.9. The molecule has 45 heavy (non-hydrogen) atoms. The number of hydrogen-bond donors (Lipinski definition) is 0. The van der Waals surface area contributed by atoms with Crippen molar-refractivity contribution in [2.24, 2.45) is 0 Å². The lowest BCUT2D eigenvalue weighted by Crippen LogP contribution is -2.39. The molecular formula is C40H53NO3S. The van der Waals surface area contributed by atoms with E-state index in [0.29, 0.717) is 12.0 Å². The van der Waals surface area contributed by atoms with Gasteiger partial charge in [0.1, 0.15) is 27.2 Å². The molecule has 0 aliphatic carbocycles. The van der Waals surface area contributed by atoms with Crippen molar-refractivity contribution in [2.45, 2.75) is 102 Å². The Kier molecular flexibility index (Phi) is 16.1. The molecule has 0 spiro atoms. The third-order valence-electron chi connectivity index (χ3n) is 8.48. The summed E-state index contributed by atoms with van der Waals surface area (Å²) in [5, 5.41) is 0. The zero-order valence-corrected chi connectivity index (χ0v) is 28.3. The molecule has 0 aliphatic heterocycles. The highest BCUT2D eigenvalue weighted by Crippen LogP contribution is 2.43. The molecule has 4 rings (SSSR count). The predicted molar refractivity (Wildman–Crippen MR) is 190 cm³/mol. The van der Waals surface area contributed by atoms with Gasteiger partial charge in [-0.2, -0.15) is 0 Å². The summed E-state index contributed by atoms with van der Waals surface area (Å²) in [6.45, 7) is 5.56. The van der Waals surface area contributed by atoms with Crippen LogP contribution in [-0.4, -0.2) is 19.5 Å². The Balaban J connectivity index is 0.000000246. The molecule has 0 N–H and O–H groups in total. The third kappa shape index (κ3) is 11.6. The van der Waals surface area contributed by atoms with Crippen LogP contribution in [0.5, 0.6) is 0 Å². The van der Waals surface area contributed by atoms with Crippen LogP contribution in [0.2, 0.25) is 0 Å². The van der Waals surface area contributed by atoms with E-state index in [1.165, 1.54) is 87.3 Å². The van der Waals surface area contributed by atoms with E-state index >= 15 is 0 Å². The number of benzene rings is 4. The van der Waals surface area contributed by atoms with Crippen LogP contribution in [0.4, 0.5) is 17.1 Å². The van der Waals surface area contributed by atoms with E-state index < -0.39 is 10.1 Å². The molecule has 0 saturated heterocycles. The van der Waals surface area contributed by atoms with Crippen LogP contribution in [0.15, 0.2) is 120 Å². The Bertz CT molecular complexity index is 1340. The normalized spacial score (nSPS) is 11.5. The van der Waals surface area contributed by atoms with Gasteiger partial charge in [-0.05, 0) is 67.3 Å². The molecule has 5 heteroatoms. The van der Waals surface area contributed by atoms with Crippen molar-refractivity contribution in [1.82, 2.24) is 4.48 Å². The molecule has 0 amide bonds. The first-order valence-electron chi connectivity index (χ1n) is 17.0. The quantitative estimate of drug-likeness (QED) is 0.0626. The van der Waals surface area contributed by atoms with E-state index in [0.717, 1.165) is 23.9 Å². The van der Waals surface area contributed by atoms with E-state index in [1.54, 1.807) is 18.2 Å². The minimum Gasteiger partial charge on any atom is -0.744 e. The largest absolute Gasteiger partial charge is 0.744 e. The maximum Gasteiger partial charge on any atom is 0.143 e. The fraction of sp³-hybridized carbons (Fsp3) is 0.400. The topological polar surface area (TPSA) is 57.2 Å². The molecule has 0 aliphatic rings. The number of quaternary nitrogens is 1. The van der Waals surface area contributed by atoms with Crippen LogP contribution in [-0.2, 0) is 16.5 Å². The smallest absolute Gasteiger partial charge is 0.143 e. The van der Waals surface area contributed by atoms with Crippen molar-refractivity contribution in [3.05, 3.63) is 121 Å². The standard InChI is InChI=1S/C22H24N.C18H30O3S/c1-2-3-19-23(20-13-7-4-8-14-20,21-15-9-5-10-16-21)22-17-11-6-12-18-22;1-2-3-4-5-6-7-8-9-10-11-14-17-15-12-13-16-18(17)22(19,20)21/h4-18H,2-3,19H2,1H3;12-13,15-16H,2-11,14H2,1H3,(H,19,20,21)/q+1;/p-1. The van der Waals surface area contributed by atoms with Crippen LogP contribution in [0, 0.1) is 0 Å². The van der Waals surface area contributed by atoms with Gasteiger partial charge < -0.3 is 4.55 Å². The average Bonchev–Trinajstić information content (AvgIpc) is 3.07. The SMILES string of the molecule is CCCCCCCCCCCCc1ccccc1S(=O)(=O)[O-].CCCC[N+](c1ccccc1)(c1ccccc1)c1ccccc1. The number of para-hydroxylation sites is 3. The molecule has 4 aromatic rings. The first-order chi connectivity index (χ1) is 21.9. The van der Waals surface area contributed by atoms with E-state index in [-0.39, 0.29) is 4.90 Å². The minimum absolute atomic E-state index is 0.0501. The van der Waals surface area contributed by atoms with Gasteiger partial charge in [-0.15, -0.1) is 0 Å². The maximum absolute atomic E-state index is 11.2. The molecule has 0 saturated carbocycles. The van der Waals surface area contributed by atoms with Gasteiger partial charge >= 0.3 is 0 Å². The Hall–Kier alpha value is -3.25. The van der Waals surface area contributed by atoms with Crippen molar-refractivity contribution < 1.29 is 13.0 Å². The van der Waals surface area contributed by atoms with Crippen LogP contribution < -0.4 is 4.48 Å². The fourth-order valence-corrected chi connectivity index (χ4v) is 6.77. The average molecular weight is 628 g/mol. The lowest BCUT2D eigenvalue weighted by atomic mass is 10.0. The zero-order valence-electron chi connectivity index (χ0n) is 27.4. The number of unbranched alkanes of at least 4 members (excludes halogenated alkanes) is 10. The van der Waals surface area contributed by atoms with Gasteiger partial charge in [0.25, 0.3) is 0 Å². The minimum atomic E-state index is -4.35. The molecule has 0 bridgehead atoms. The van der Waals surface area contributed by atoms with Crippen molar-refractivity contribution >= 4 is 27.2 Å². The summed E-state index contributed by atoms with van der Waals surface area (Å²) in [5.41, 5.74) is 4.62. The fourth-order valence-electron chi connectivity index (χ4n) is 6.03. The van der Waals surface area contributed by atoms with Crippen molar-refractivity contribution in [1.29, 1.82) is 0 Å². The highest BCUT2D eigenvalue weighted by atomic mass is 32.2. The number of rotatable bonds is 18.